The first-order chi connectivity index (χ1) is 10.3. The smallest absolute Gasteiger partial charge is 0.239 e. The minimum Gasteiger partial charge on any atom is -0.368 e. The van der Waals surface area contributed by atoms with E-state index in [9.17, 15) is 4.79 Å². The molecule has 0 bridgehead atoms. The van der Waals surface area contributed by atoms with Gasteiger partial charge >= 0.3 is 0 Å². The largest absolute Gasteiger partial charge is 0.368 e. The van der Waals surface area contributed by atoms with Gasteiger partial charge in [0.2, 0.25) is 5.91 Å². The van der Waals surface area contributed by atoms with Crippen LogP contribution < -0.4 is 17.2 Å². The monoisotopic (exact) mass is 433 g/mol. The summed E-state index contributed by atoms with van der Waals surface area (Å²) in [5.41, 5.74) is 19.2. The first-order valence-corrected chi connectivity index (χ1v) is 7.77. The Kier molecular flexibility index (Phi) is 8.96. The number of rotatable bonds is 5. The van der Waals surface area contributed by atoms with Crippen LogP contribution in [0.25, 0.3) is 0 Å². The van der Waals surface area contributed by atoms with Crippen molar-refractivity contribution >= 4 is 46.7 Å². The van der Waals surface area contributed by atoms with Crippen LogP contribution in [0.3, 0.4) is 0 Å². The molecule has 132 valence electrons. The highest BCUT2D eigenvalue weighted by Crippen LogP contribution is 2.22. The van der Waals surface area contributed by atoms with E-state index >= 15 is 0 Å². The number of carbonyl (C=O) groups excluding carboxylic acids is 1. The Morgan fingerprint density at radius 2 is 1.46 bits per heavy atom. The van der Waals surface area contributed by atoms with Gasteiger partial charge in [-0.05, 0) is 42.2 Å². The molecule has 0 spiro atoms. The summed E-state index contributed by atoms with van der Waals surface area (Å²) in [5.74, 6) is -0.612. The number of hydrogen-bond acceptors (Lipinski definition) is 3. The Morgan fingerprint density at radius 1 is 1.04 bits per heavy atom. The third-order valence-electron chi connectivity index (χ3n) is 3.84. The topological polar surface area (TPSA) is 95.1 Å². The van der Waals surface area contributed by atoms with Gasteiger partial charge in [0.05, 0.1) is 6.04 Å². The fourth-order valence-corrected chi connectivity index (χ4v) is 2.44. The fourth-order valence-electron chi connectivity index (χ4n) is 2.18. The molecule has 0 saturated carbocycles. The van der Waals surface area contributed by atoms with E-state index in [2.05, 4.69) is 28.1 Å². The molecule has 0 heterocycles. The van der Waals surface area contributed by atoms with Crippen LogP contribution >= 0.6 is 40.7 Å². The number of benzene rings is 2. The van der Waals surface area contributed by atoms with Crippen LogP contribution in [0.1, 0.15) is 29.7 Å². The van der Waals surface area contributed by atoms with E-state index in [-0.39, 0.29) is 24.8 Å². The Labute approximate surface area is 163 Å². The normalized spacial score (nSPS) is 13.8. The number of carbonyl (C=O) groups is 1. The van der Waals surface area contributed by atoms with E-state index in [4.69, 9.17) is 17.2 Å². The van der Waals surface area contributed by atoms with Crippen molar-refractivity contribution in [3.05, 3.63) is 69.7 Å². The summed E-state index contributed by atoms with van der Waals surface area (Å²) in [4.78, 5) is 11.4. The van der Waals surface area contributed by atoms with Crippen molar-refractivity contribution in [3.63, 3.8) is 0 Å². The summed E-state index contributed by atoms with van der Waals surface area (Å²) >= 11 is 3.42. The van der Waals surface area contributed by atoms with Gasteiger partial charge in [-0.15, -0.1) is 24.8 Å². The number of amides is 1. The molecule has 7 heteroatoms. The summed E-state index contributed by atoms with van der Waals surface area (Å²) in [6.07, 6.45) is 0.832. The number of halogens is 3. The molecule has 2 aromatic carbocycles. The summed E-state index contributed by atoms with van der Waals surface area (Å²) in [6, 6.07) is 15.3. The van der Waals surface area contributed by atoms with Gasteiger partial charge in [0.1, 0.15) is 5.54 Å². The molecule has 0 aliphatic rings. The predicted molar refractivity (Wildman–Crippen MR) is 107 cm³/mol. The van der Waals surface area contributed by atoms with Crippen LogP contribution in [0, 0.1) is 0 Å². The highest BCUT2D eigenvalue weighted by molar-refractivity contribution is 9.10. The van der Waals surface area contributed by atoms with Crippen molar-refractivity contribution < 1.29 is 4.79 Å². The molecule has 0 saturated heterocycles. The van der Waals surface area contributed by atoms with Gasteiger partial charge in [0.25, 0.3) is 0 Å². The highest BCUT2D eigenvalue weighted by Gasteiger charge is 2.34. The van der Waals surface area contributed by atoms with Crippen LogP contribution in [0.15, 0.2) is 53.0 Å². The average Bonchev–Trinajstić information content (AvgIpc) is 2.49. The lowest BCUT2D eigenvalue weighted by Gasteiger charge is -2.28. The van der Waals surface area contributed by atoms with Gasteiger partial charge in [-0.2, -0.15) is 0 Å². The van der Waals surface area contributed by atoms with E-state index in [1.165, 1.54) is 5.56 Å². The second kappa shape index (κ2) is 9.39. The lowest BCUT2D eigenvalue weighted by Crippen LogP contribution is -2.56. The minimum atomic E-state index is -1.27. The van der Waals surface area contributed by atoms with Gasteiger partial charge in [0.15, 0.2) is 0 Å². The maximum atomic E-state index is 11.4. The van der Waals surface area contributed by atoms with E-state index in [0.717, 1.165) is 22.0 Å². The molecule has 2 rings (SSSR count). The van der Waals surface area contributed by atoms with Crippen molar-refractivity contribution in [2.24, 2.45) is 17.2 Å². The van der Waals surface area contributed by atoms with Crippen LogP contribution in [0.4, 0.5) is 0 Å². The number of nitrogens with two attached hydrogens (primary N) is 3. The van der Waals surface area contributed by atoms with E-state index in [1.54, 1.807) is 6.92 Å². The molecule has 1 amide bonds. The van der Waals surface area contributed by atoms with E-state index in [0.29, 0.717) is 0 Å². The quantitative estimate of drug-likeness (QED) is 0.674. The molecule has 24 heavy (non-hydrogen) atoms. The van der Waals surface area contributed by atoms with Crippen LogP contribution in [-0.4, -0.2) is 11.4 Å². The van der Waals surface area contributed by atoms with Gasteiger partial charge in [-0.25, -0.2) is 0 Å². The maximum Gasteiger partial charge on any atom is 0.239 e. The molecular formula is C17H22BrCl2N3O. The van der Waals surface area contributed by atoms with Gasteiger partial charge in [-0.3, -0.25) is 4.79 Å². The Bertz CT molecular complexity index is 661. The van der Waals surface area contributed by atoms with Gasteiger partial charge in [-0.1, -0.05) is 52.3 Å². The van der Waals surface area contributed by atoms with Crippen LogP contribution in [0.2, 0.25) is 0 Å². The summed E-state index contributed by atoms with van der Waals surface area (Å²) in [6.45, 7) is 1.55. The van der Waals surface area contributed by atoms with Crippen LogP contribution in [-0.2, 0) is 11.2 Å². The zero-order valence-electron chi connectivity index (χ0n) is 13.2. The average molecular weight is 435 g/mol. The summed E-state index contributed by atoms with van der Waals surface area (Å²) < 4.78 is 1.06. The van der Waals surface area contributed by atoms with Crippen LogP contribution in [0.5, 0.6) is 0 Å². The second-order valence-corrected chi connectivity index (χ2v) is 6.59. The van der Waals surface area contributed by atoms with Crippen molar-refractivity contribution in [1.82, 2.24) is 0 Å². The molecular weight excluding hydrogens is 413 g/mol. The van der Waals surface area contributed by atoms with Gasteiger partial charge < -0.3 is 17.2 Å². The first-order valence-electron chi connectivity index (χ1n) is 6.98. The molecule has 2 aromatic rings. The summed E-state index contributed by atoms with van der Waals surface area (Å²) in [5, 5.41) is 0. The molecule has 2 atom stereocenters. The van der Waals surface area contributed by atoms with E-state index in [1.807, 2.05) is 36.4 Å². The molecule has 4 nitrogen and oxygen atoms in total. The zero-order valence-corrected chi connectivity index (χ0v) is 16.5. The molecule has 0 aliphatic heterocycles. The number of primary amides is 1. The zero-order chi connectivity index (χ0) is 16.3. The molecule has 0 fully saturated rings. The Balaban J connectivity index is 0.00000264. The summed E-state index contributed by atoms with van der Waals surface area (Å²) in [7, 11) is 0. The predicted octanol–water partition coefficient (Wildman–Crippen LogP) is 3.09. The minimum absolute atomic E-state index is 0. The van der Waals surface area contributed by atoms with Crippen molar-refractivity contribution in [1.29, 1.82) is 0 Å². The fraction of sp³-hybridized carbons (Fsp3) is 0.235. The SMILES string of the molecule is CC(N)(C(N)=O)C(N)c1ccc(Cc2ccc(Br)cc2)cc1.Cl.Cl. The first kappa shape index (κ1) is 22.9. The van der Waals surface area contributed by atoms with Crippen molar-refractivity contribution in [3.8, 4) is 0 Å². The molecule has 0 aromatic heterocycles. The second-order valence-electron chi connectivity index (χ2n) is 5.67. The lowest BCUT2D eigenvalue weighted by molar-refractivity contribution is -0.123. The highest BCUT2D eigenvalue weighted by atomic mass is 79.9. The maximum absolute atomic E-state index is 11.4. The lowest BCUT2D eigenvalue weighted by atomic mass is 9.87. The van der Waals surface area contributed by atoms with Crippen molar-refractivity contribution in [2.75, 3.05) is 0 Å². The molecule has 2 unspecified atom stereocenters. The number of hydrogen-bond donors (Lipinski definition) is 3. The molecule has 0 aliphatic carbocycles. The molecule has 6 N–H and O–H groups in total. The van der Waals surface area contributed by atoms with Crippen molar-refractivity contribution in [2.45, 2.75) is 24.9 Å². The van der Waals surface area contributed by atoms with E-state index < -0.39 is 17.5 Å². The third-order valence-corrected chi connectivity index (χ3v) is 4.37. The Morgan fingerprint density at radius 3 is 1.88 bits per heavy atom. The Hall–Kier alpha value is -1.11. The standard InChI is InChI=1S/C17H20BrN3O.2ClH/c1-17(21,16(20)22)15(19)13-6-2-11(3-7-13)10-12-4-8-14(18)9-5-12;;/h2-9,15H,10,19,21H2,1H3,(H2,20,22);2*1H. The third kappa shape index (κ3) is 5.46. The van der Waals surface area contributed by atoms with Gasteiger partial charge in [0, 0.05) is 4.47 Å². The molecule has 0 radical (unpaired) electrons.